The van der Waals surface area contributed by atoms with Crippen LogP contribution in [0, 0.1) is 13.8 Å². The third-order valence-corrected chi connectivity index (χ3v) is 4.82. The van der Waals surface area contributed by atoms with Gasteiger partial charge in [0.05, 0.1) is 16.8 Å². The predicted octanol–water partition coefficient (Wildman–Crippen LogP) is 4.45. The number of rotatable bonds is 5. The molecule has 0 aliphatic heterocycles. The average molecular weight is 376 g/mol. The molecule has 28 heavy (non-hydrogen) atoms. The molecule has 5 heteroatoms. The molecule has 3 rings (SSSR count). The van der Waals surface area contributed by atoms with E-state index in [0.29, 0.717) is 17.8 Å². The Bertz CT molecular complexity index is 1020. The minimum absolute atomic E-state index is 0.258. The van der Waals surface area contributed by atoms with E-state index < -0.39 is 12.1 Å². The fraction of sp³-hybridized carbons (Fsp3) is 0.261. The molecule has 5 nitrogen and oxygen atoms in total. The van der Waals surface area contributed by atoms with Crippen LogP contribution in [0.1, 0.15) is 35.5 Å². The van der Waals surface area contributed by atoms with Gasteiger partial charge in [0.25, 0.3) is 5.91 Å². The maximum atomic E-state index is 12.9. The van der Waals surface area contributed by atoms with E-state index in [1.807, 2.05) is 68.4 Å². The lowest BCUT2D eigenvalue weighted by molar-refractivity contribution is -0.126. The van der Waals surface area contributed by atoms with Crippen molar-refractivity contribution in [3.8, 4) is 0 Å². The molecule has 1 heterocycles. The summed E-state index contributed by atoms with van der Waals surface area (Å²) in [5.74, 6) is -0.788. The van der Waals surface area contributed by atoms with Crippen LogP contribution >= 0.6 is 0 Å². The lowest BCUT2D eigenvalue weighted by atomic mass is 10.0. The number of esters is 1. The van der Waals surface area contributed by atoms with Crippen molar-refractivity contribution >= 4 is 28.5 Å². The van der Waals surface area contributed by atoms with Crippen molar-refractivity contribution in [2.24, 2.45) is 0 Å². The Morgan fingerprint density at radius 2 is 1.68 bits per heavy atom. The lowest BCUT2D eigenvalue weighted by Crippen LogP contribution is -2.40. The number of hydrogen-bond acceptors (Lipinski definition) is 4. The summed E-state index contributed by atoms with van der Waals surface area (Å²) in [7, 11) is 0. The molecule has 0 saturated carbocycles. The van der Waals surface area contributed by atoms with Gasteiger partial charge in [-0.2, -0.15) is 0 Å². The second-order valence-electron chi connectivity index (χ2n) is 6.68. The van der Waals surface area contributed by atoms with E-state index in [-0.39, 0.29) is 5.91 Å². The maximum absolute atomic E-state index is 12.9. The van der Waals surface area contributed by atoms with Crippen LogP contribution in [0.2, 0.25) is 0 Å². The van der Waals surface area contributed by atoms with Crippen molar-refractivity contribution in [3.05, 3.63) is 71.4 Å². The number of aromatic nitrogens is 1. The average Bonchev–Trinajstić information content (AvgIpc) is 2.69. The van der Waals surface area contributed by atoms with Crippen LogP contribution in [0.25, 0.3) is 10.9 Å². The summed E-state index contributed by atoms with van der Waals surface area (Å²) in [6.07, 6.45) is -0.905. The Balaban J connectivity index is 1.84. The number of hydrogen-bond donors (Lipinski definition) is 0. The van der Waals surface area contributed by atoms with Crippen LogP contribution in [0.3, 0.4) is 0 Å². The first-order valence-electron chi connectivity index (χ1n) is 9.37. The summed E-state index contributed by atoms with van der Waals surface area (Å²) in [4.78, 5) is 31.8. The zero-order valence-corrected chi connectivity index (χ0v) is 16.6. The van der Waals surface area contributed by atoms with Gasteiger partial charge in [-0.25, -0.2) is 4.79 Å². The molecule has 2 aromatic carbocycles. The maximum Gasteiger partial charge on any atom is 0.341 e. The number of carbonyl (C=O) groups is 2. The number of aryl methyl sites for hydroxylation is 2. The molecule has 0 fully saturated rings. The molecule has 0 aliphatic rings. The number of fused-ring (bicyclic) bond motifs is 1. The standard InChI is InChI=1S/C23H24N2O3/c1-5-25(18-11-7-6-8-12-18)22(26)17(4)28-23(27)21-15(2)19-13-9-10-14-20(19)24-16(21)3/h6-14,17H,5H2,1-4H3/t17-/m0/s1. The summed E-state index contributed by atoms with van der Waals surface area (Å²) in [6.45, 7) is 7.64. The fourth-order valence-electron chi connectivity index (χ4n) is 3.39. The smallest absolute Gasteiger partial charge is 0.341 e. The second kappa shape index (κ2) is 8.21. The summed E-state index contributed by atoms with van der Waals surface area (Å²) in [5.41, 5.74) is 3.43. The summed E-state index contributed by atoms with van der Waals surface area (Å²) >= 11 is 0. The quantitative estimate of drug-likeness (QED) is 0.617. The van der Waals surface area contributed by atoms with Gasteiger partial charge in [0.1, 0.15) is 0 Å². The summed E-state index contributed by atoms with van der Waals surface area (Å²) < 4.78 is 5.54. The number of likely N-dealkylation sites (N-methyl/N-ethyl adjacent to an activating group) is 1. The van der Waals surface area contributed by atoms with Gasteiger partial charge in [-0.1, -0.05) is 36.4 Å². The van der Waals surface area contributed by atoms with Crippen molar-refractivity contribution in [3.63, 3.8) is 0 Å². The summed E-state index contributed by atoms with van der Waals surface area (Å²) in [5, 5.41) is 0.901. The fourth-order valence-corrected chi connectivity index (χ4v) is 3.39. The third kappa shape index (κ3) is 3.74. The van der Waals surface area contributed by atoms with Crippen LogP contribution in [-0.4, -0.2) is 29.5 Å². The van der Waals surface area contributed by atoms with Gasteiger partial charge >= 0.3 is 5.97 Å². The van der Waals surface area contributed by atoms with Gasteiger partial charge in [0, 0.05) is 17.6 Å². The molecule has 0 saturated heterocycles. The van der Waals surface area contributed by atoms with E-state index in [4.69, 9.17) is 4.74 Å². The monoisotopic (exact) mass is 376 g/mol. The van der Waals surface area contributed by atoms with Crippen molar-refractivity contribution in [1.29, 1.82) is 0 Å². The van der Waals surface area contributed by atoms with E-state index in [0.717, 1.165) is 22.2 Å². The molecule has 0 radical (unpaired) electrons. The highest BCUT2D eigenvalue weighted by Crippen LogP contribution is 2.24. The first-order chi connectivity index (χ1) is 13.4. The van der Waals surface area contributed by atoms with E-state index >= 15 is 0 Å². The Labute approximate surface area is 165 Å². The summed E-state index contributed by atoms with van der Waals surface area (Å²) in [6, 6.07) is 17.0. The Hall–Kier alpha value is -3.21. The number of ether oxygens (including phenoxy) is 1. The van der Waals surface area contributed by atoms with Crippen molar-refractivity contribution in [1.82, 2.24) is 4.98 Å². The van der Waals surface area contributed by atoms with Crippen LogP contribution in [-0.2, 0) is 9.53 Å². The van der Waals surface area contributed by atoms with Crippen molar-refractivity contribution in [2.45, 2.75) is 33.8 Å². The highest BCUT2D eigenvalue weighted by Gasteiger charge is 2.26. The van der Waals surface area contributed by atoms with E-state index in [9.17, 15) is 9.59 Å². The Morgan fingerprint density at radius 1 is 1.04 bits per heavy atom. The molecule has 0 N–H and O–H groups in total. The highest BCUT2D eigenvalue weighted by atomic mass is 16.5. The SMILES string of the molecule is CCN(C(=O)[C@H](C)OC(=O)c1c(C)nc2ccccc2c1C)c1ccccc1. The molecule has 0 unspecified atom stereocenters. The van der Waals surface area contributed by atoms with Gasteiger partial charge in [-0.3, -0.25) is 9.78 Å². The van der Waals surface area contributed by atoms with Crippen molar-refractivity contribution in [2.75, 3.05) is 11.4 Å². The topological polar surface area (TPSA) is 59.5 Å². The molecule has 0 aliphatic carbocycles. The number of anilines is 1. The molecule has 1 amide bonds. The van der Waals surface area contributed by atoms with Crippen LogP contribution in [0.5, 0.6) is 0 Å². The molecule has 0 bridgehead atoms. The lowest BCUT2D eigenvalue weighted by Gasteiger charge is -2.24. The zero-order valence-electron chi connectivity index (χ0n) is 16.6. The van der Waals surface area contributed by atoms with Crippen LogP contribution in [0.4, 0.5) is 5.69 Å². The van der Waals surface area contributed by atoms with E-state index in [1.165, 1.54) is 0 Å². The number of pyridine rings is 1. The van der Waals surface area contributed by atoms with Gasteiger partial charge < -0.3 is 9.64 Å². The van der Waals surface area contributed by atoms with Gasteiger partial charge in [-0.05, 0) is 51.5 Å². The van der Waals surface area contributed by atoms with Crippen LogP contribution in [0.15, 0.2) is 54.6 Å². The van der Waals surface area contributed by atoms with Gasteiger partial charge in [0.15, 0.2) is 6.10 Å². The Kier molecular flexibility index (Phi) is 5.73. The van der Waals surface area contributed by atoms with Crippen molar-refractivity contribution < 1.29 is 14.3 Å². The first kappa shape index (κ1) is 19.5. The highest BCUT2D eigenvalue weighted by molar-refractivity contribution is 6.01. The van der Waals surface area contributed by atoms with E-state index in [1.54, 1.807) is 18.7 Å². The van der Waals surface area contributed by atoms with Crippen LogP contribution < -0.4 is 4.90 Å². The van der Waals surface area contributed by atoms with Gasteiger partial charge in [-0.15, -0.1) is 0 Å². The minimum atomic E-state index is -0.905. The number of para-hydroxylation sites is 2. The van der Waals surface area contributed by atoms with E-state index in [2.05, 4.69) is 4.98 Å². The normalized spacial score (nSPS) is 11.9. The number of carbonyl (C=O) groups excluding carboxylic acids is 2. The minimum Gasteiger partial charge on any atom is -0.449 e. The molecule has 1 atom stereocenters. The first-order valence-corrected chi connectivity index (χ1v) is 9.37. The third-order valence-electron chi connectivity index (χ3n) is 4.82. The number of benzene rings is 2. The molecular formula is C23H24N2O3. The molecule has 0 spiro atoms. The second-order valence-corrected chi connectivity index (χ2v) is 6.68. The number of amides is 1. The molecular weight excluding hydrogens is 352 g/mol. The van der Waals surface area contributed by atoms with Gasteiger partial charge in [0.2, 0.25) is 0 Å². The zero-order chi connectivity index (χ0) is 20.3. The largest absolute Gasteiger partial charge is 0.449 e. The molecule has 144 valence electrons. The predicted molar refractivity (Wildman–Crippen MR) is 111 cm³/mol. The Morgan fingerprint density at radius 3 is 2.36 bits per heavy atom. The molecule has 1 aromatic heterocycles. The number of nitrogens with zero attached hydrogens (tertiary/aromatic N) is 2. The molecule has 3 aromatic rings.